The molecule has 0 atom stereocenters. The maximum absolute atomic E-state index is 13.1. The van der Waals surface area contributed by atoms with Gasteiger partial charge in [0.05, 0.1) is 37.7 Å². The second kappa shape index (κ2) is 19.7. The molecule has 0 spiro atoms. The Bertz CT molecular complexity index is 1690. The number of amides is 1. The Morgan fingerprint density at radius 2 is 1.00 bits per heavy atom. The maximum Gasteiger partial charge on any atom is 2.00 e. The van der Waals surface area contributed by atoms with Crippen LogP contribution in [0, 0.1) is 12.7 Å². The van der Waals surface area contributed by atoms with Gasteiger partial charge >= 0.3 is 20.4 Å². The molecule has 4 aromatic carbocycles. The predicted molar refractivity (Wildman–Crippen MR) is 171 cm³/mol. The van der Waals surface area contributed by atoms with Crippen molar-refractivity contribution in [1.82, 2.24) is 14.0 Å². The Morgan fingerprint density at radius 3 is 1.37 bits per heavy atom. The fraction of sp³-hybridized carbons (Fsp3) is 0.229. The molecule has 2 aromatic heterocycles. The SMILES string of the molecule is CN(C)C=O.O=S(CCn1[c-][n+](Cc2ccccc2)c2ccccc21)CCn1[c-][n+](Cc2ccccc2)c2ccccc21.[Br-].[Br-].[Pd+2]. The zero-order chi connectivity index (χ0) is 30.0. The third kappa shape index (κ3) is 10.5. The fourth-order valence-electron chi connectivity index (χ4n) is 4.95. The van der Waals surface area contributed by atoms with E-state index in [9.17, 15) is 9.00 Å². The van der Waals surface area contributed by atoms with Crippen LogP contribution in [0.1, 0.15) is 11.1 Å². The summed E-state index contributed by atoms with van der Waals surface area (Å²) in [6.45, 7) is 2.85. The van der Waals surface area contributed by atoms with Crippen LogP contribution in [0.15, 0.2) is 109 Å². The minimum atomic E-state index is -0.964. The predicted octanol–water partition coefficient (Wildman–Crippen LogP) is -1.97. The molecule has 46 heavy (non-hydrogen) atoms. The summed E-state index contributed by atoms with van der Waals surface area (Å²) >= 11 is 0. The molecule has 7 nitrogen and oxygen atoms in total. The van der Waals surface area contributed by atoms with Crippen LogP contribution >= 0.6 is 0 Å². The molecular formula is C35H37Br2N5O2PdS. The van der Waals surface area contributed by atoms with Crippen LogP contribution in [0.5, 0.6) is 0 Å². The first kappa shape index (κ1) is 39.2. The third-order valence-electron chi connectivity index (χ3n) is 7.07. The number of hydrogen-bond acceptors (Lipinski definition) is 2. The molecule has 0 aliphatic rings. The van der Waals surface area contributed by atoms with E-state index >= 15 is 0 Å². The van der Waals surface area contributed by atoms with Crippen molar-refractivity contribution < 1.29 is 72.5 Å². The van der Waals surface area contributed by atoms with Crippen LogP contribution in [0.3, 0.4) is 0 Å². The molecule has 0 radical (unpaired) electrons. The summed E-state index contributed by atoms with van der Waals surface area (Å²) in [5.41, 5.74) is 6.98. The molecule has 6 aromatic rings. The average molecular weight is 858 g/mol. The van der Waals surface area contributed by atoms with Gasteiger partial charge in [0.25, 0.3) is 0 Å². The van der Waals surface area contributed by atoms with Gasteiger partial charge in [-0.05, 0) is 11.1 Å². The second-order valence-electron chi connectivity index (χ2n) is 10.5. The molecule has 0 unspecified atom stereocenters. The van der Waals surface area contributed by atoms with Gasteiger partial charge in [-0.1, -0.05) is 109 Å². The van der Waals surface area contributed by atoms with Gasteiger partial charge in [-0.2, -0.15) is 0 Å². The zero-order valence-corrected chi connectivity index (χ0v) is 31.3. The Hall–Kier alpha value is -2.94. The van der Waals surface area contributed by atoms with Crippen molar-refractivity contribution in [3.05, 3.63) is 133 Å². The van der Waals surface area contributed by atoms with Crippen LogP contribution in [0.2, 0.25) is 0 Å². The summed E-state index contributed by atoms with van der Waals surface area (Å²) in [5, 5.41) is 0. The van der Waals surface area contributed by atoms with Crippen molar-refractivity contribution in [2.45, 2.75) is 26.2 Å². The van der Waals surface area contributed by atoms with E-state index in [0.717, 1.165) is 41.6 Å². The molecule has 0 saturated heterocycles. The molecule has 0 aliphatic heterocycles. The monoisotopic (exact) mass is 855 g/mol. The van der Waals surface area contributed by atoms with Gasteiger partial charge in [0.2, 0.25) is 19.1 Å². The van der Waals surface area contributed by atoms with E-state index in [-0.39, 0.29) is 54.4 Å². The molecule has 2 heterocycles. The van der Waals surface area contributed by atoms with Gasteiger partial charge in [0.15, 0.2) is 0 Å². The number of para-hydroxylation sites is 4. The number of rotatable bonds is 11. The molecule has 0 N–H and O–H groups in total. The largest absolute Gasteiger partial charge is 2.00 e. The normalized spacial score (nSPS) is 10.3. The van der Waals surface area contributed by atoms with E-state index in [1.165, 1.54) is 16.0 Å². The quantitative estimate of drug-likeness (QED) is 0.0659. The number of carbonyl (C=O) groups excluding carboxylic acids is 1. The van der Waals surface area contributed by atoms with Crippen LogP contribution in [-0.2, 0) is 62.2 Å². The molecule has 6 rings (SSSR count). The third-order valence-corrected chi connectivity index (χ3v) is 8.35. The van der Waals surface area contributed by atoms with Crippen molar-refractivity contribution in [3.8, 4) is 0 Å². The van der Waals surface area contributed by atoms with Crippen molar-refractivity contribution >= 4 is 39.3 Å². The van der Waals surface area contributed by atoms with E-state index in [0.29, 0.717) is 24.6 Å². The number of hydrogen-bond donors (Lipinski definition) is 0. The fourth-order valence-corrected chi connectivity index (χ4v) is 5.93. The van der Waals surface area contributed by atoms with E-state index < -0.39 is 10.8 Å². The van der Waals surface area contributed by atoms with Crippen LogP contribution < -0.4 is 43.1 Å². The number of benzene rings is 4. The maximum atomic E-state index is 13.1. The van der Waals surface area contributed by atoms with Crippen molar-refractivity contribution in [1.29, 1.82) is 0 Å². The Balaban J connectivity index is 0.000000857. The van der Waals surface area contributed by atoms with E-state index in [1.807, 2.05) is 24.3 Å². The molecule has 0 saturated carbocycles. The van der Waals surface area contributed by atoms with E-state index in [4.69, 9.17) is 0 Å². The van der Waals surface area contributed by atoms with Gasteiger partial charge in [0.1, 0.15) is 0 Å². The number of fused-ring (bicyclic) bond motifs is 2. The first-order valence-electron chi connectivity index (χ1n) is 14.4. The summed E-state index contributed by atoms with van der Waals surface area (Å²) in [7, 11) is 2.41. The molecule has 0 bridgehead atoms. The second-order valence-corrected chi connectivity index (χ2v) is 12.2. The standard InChI is InChI=1S/C32H30N4OS.C3H7NO.2BrH.Pd/c37-38(21-19-33-25-35(23-27-11-3-1-4-12-27)31-17-9-7-15-29(31)33)22-20-34-26-36(24-28-13-5-2-6-14-28)32-18-10-8-16-30(32)34;1-4(2)3-5;;;/h1-18H,19-24H2;3H,1-2H3;2*1H;/q;;;;+2/p-2. The Kier molecular flexibility index (Phi) is 16.8. The molecule has 1 amide bonds. The summed E-state index contributed by atoms with van der Waals surface area (Å²) in [6, 6.07) is 37.5. The summed E-state index contributed by atoms with van der Waals surface area (Å²) in [5.74, 6) is 1.17. The number of carbonyl (C=O) groups is 1. The van der Waals surface area contributed by atoms with Crippen molar-refractivity contribution in [2.75, 3.05) is 25.6 Å². The van der Waals surface area contributed by atoms with Crippen LogP contribution in [0.4, 0.5) is 0 Å². The number of nitrogens with zero attached hydrogens (tertiary/aromatic N) is 5. The first-order valence-corrected chi connectivity index (χ1v) is 15.9. The Labute approximate surface area is 308 Å². The Morgan fingerprint density at radius 1 is 0.652 bits per heavy atom. The average Bonchev–Trinajstić information content (AvgIpc) is 3.58. The minimum Gasteiger partial charge on any atom is -1.00 e. The van der Waals surface area contributed by atoms with Crippen molar-refractivity contribution in [3.63, 3.8) is 0 Å². The number of imidazole rings is 2. The molecule has 0 aliphatic carbocycles. The number of aromatic nitrogens is 4. The van der Waals surface area contributed by atoms with Gasteiger partial charge in [-0.25, -0.2) is 0 Å². The smallest absolute Gasteiger partial charge is 1.00 e. The van der Waals surface area contributed by atoms with E-state index in [2.05, 4.69) is 116 Å². The first-order chi connectivity index (χ1) is 21.0. The minimum absolute atomic E-state index is 0. The van der Waals surface area contributed by atoms with Gasteiger partial charge < -0.3 is 57.1 Å². The molecule has 0 fully saturated rings. The van der Waals surface area contributed by atoms with Crippen LogP contribution in [0.25, 0.3) is 22.1 Å². The van der Waals surface area contributed by atoms with Crippen LogP contribution in [-0.4, -0.2) is 50.3 Å². The van der Waals surface area contributed by atoms with Gasteiger partial charge in [-0.3, -0.25) is 9.00 Å². The molecular weight excluding hydrogens is 821 g/mol. The molecule has 11 heteroatoms. The van der Waals surface area contributed by atoms with Gasteiger partial charge in [0, 0.05) is 47.0 Å². The zero-order valence-electron chi connectivity index (χ0n) is 25.7. The number of halogens is 2. The topological polar surface area (TPSA) is 55.0 Å². The van der Waals surface area contributed by atoms with E-state index in [1.54, 1.807) is 14.1 Å². The van der Waals surface area contributed by atoms with Crippen molar-refractivity contribution in [2.24, 2.45) is 0 Å². The number of aryl methyl sites for hydroxylation is 2. The summed E-state index contributed by atoms with van der Waals surface area (Å²) in [6.07, 6.45) is 7.75. The summed E-state index contributed by atoms with van der Waals surface area (Å²) < 4.78 is 21.6. The van der Waals surface area contributed by atoms with Gasteiger partial charge in [-0.15, -0.1) is 0 Å². The summed E-state index contributed by atoms with van der Waals surface area (Å²) in [4.78, 5) is 10.9. The molecule has 244 valence electrons.